The minimum absolute atomic E-state index is 0.251. The maximum atomic E-state index is 9.44. The van der Waals surface area contributed by atoms with Gasteiger partial charge in [-0.3, -0.25) is 4.40 Å². The van der Waals surface area contributed by atoms with E-state index >= 15 is 0 Å². The summed E-state index contributed by atoms with van der Waals surface area (Å²) in [5.74, 6) is 1.05. The third kappa shape index (κ3) is 1.75. The Morgan fingerprint density at radius 1 is 1.17 bits per heavy atom. The maximum absolute atomic E-state index is 9.44. The van der Waals surface area contributed by atoms with Gasteiger partial charge in [-0.2, -0.15) is 0 Å². The van der Waals surface area contributed by atoms with Gasteiger partial charge >= 0.3 is 0 Å². The van der Waals surface area contributed by atoms with Crippen molar-refractivity contribution in [2.45, 2.75) is 6.42 Å². The zero-order chi connectivity index (χ0) is 12.5. The Labute approximate surface area is 104 Å². The van der Waals surface area contributed by atoms with Crippen molar-refractivity contribution in [2.24, 2.45) is 0 Å². The molecule has 0 aliphatic rings. The standard InChI is InChI=1S/C13H12N4O/c14-11-5-2-6-17-12(15-16-13(11)17)8-9-3-1-4-10(18)7-9/h1-7,18H,8,14H2. The number of nitrogens with zero attached hydrogens (tertiary/aromatic N) is 3. The van der Waals surface area contributed by atoms with E-state index in [0.717, 1.165) is 11.4 Å². The number of pyridine rings is 1. The minimum atomic E-state index is 0.251. The van der Waals surface area contributed by atoms with Gasteiger partial charge in [0.05, 0.1) is 5.69 Å². The largest absolute Gasteiger partial charge is 0.508 e. The molecule has 5 heteroatoms. The molecule has 0 bridgehead atoms. The number of benzene rings is 1. The van der Waals surface area contributed by atoms with Gasteiger partial charge in [0.15, 0.2) is 5.65 Å². The third-order valence-corrected chi connectivity index (χ3v) is 2.81. The Balaban J connectivity index is 2.03. The van der Waals surface area contributed by atoms with E-state index in [4.69, 9.17) is 5.73 Å². The molecule has 2 heterocycles. The highest BCUT2D eigenvalue weighted by Crippen LogP contribution is 2.16. The number of nitrogen functional groups attached to an aromatic ring is 1. The first kappa shape index (κ1) is 10.6. The van der Waals surface area contributed by atoms with Crippen LogP contribution in [0.15, 0.2) is 42.6 Å². The van der Waals surface area contributed by atoms with E-state index < -0.39 is 0 Å². The van der Waals surface area contributed by atoms with Gasteiger partial charge in [-0.1, -0.05) is 12.1 Å². The third-order valence-electron chi connectivity index (χ3n) is 2.81. The lowest BCUT2D eigenvalue weighted by atomic mass is 10.1. The van der Waals surface area contributed by atoms with E-state index in [-0.39, 0.29) is 5.75 Å². The second-order valence-corrected chi connectivity index (χ2v) is 4.12. The average Bonchev–Trinajstić information content (AvgIpc) is 2.74. The van der Waals surface area contributed by atoms with Crippen LogP contribution in [0, 0.1) is 0 Å². The van der Waals surface area contributed by atoms with Crippen LogP contribution in [-0.4, -0.2) is 19.7 Å². The second-order valence-electron chi connectivity index (χ2n) is 4.12. The smallest absolute Gasteiger partial charge is 0.183 e. The molecule has 5 nitrogen and oxygen atoms in total. The van der Waals surface area contributed by atoms with Crippen LogP contribution in [0.2, 0.25) is 0 Å². The Bertz CT molecular complexity index is 705. The van der Waals surface area contributed by atoms with Crippen molar-refractivity contribution >= 4 is 11.3 Å². The highest BCUT2D eigenvalue weighted by atomic mass is 16.3. The maximum Gasteiger partial charge on any atom is 0.183 e. The fraction of sp³-hybridized carbons (Fsp3) is 0.0769. The molecule has 2 aromatic heterocycles. The van der Waals surface area contributed by atoms with Crippen molar-refractivity contribution in [1.82, 2.24) is 14.6 Å². The molecule has 0 radical (unpaired) electrons. The summed E-state index contributed by atoms with van der Waals surface area (Å²) in [5.41, 5.74) is 8.07. The average molecular weight is 240 g/mol. The number of aromatic nitrogens is 3. The Kier molecular flexibility index (Phi) is 2.37. The lowest BCUT2D eigenvalue weighted by Gasteiger charge is -2.02. The van der Waals surface area contributed by atoms with Gasteiger partial charge in [-0.25, -0.2) is 0 Å². The molecular formula is C13H12N4O. The Morgan fingerprint density at radius 2 is 2.06 bits per heavy atom. The van der Waals surface area contributed by atoms with E-state index in [9.17, 15) is 5.11 Å². The second kappa shape index (κ2) is 4.03. The summed E-state index contributed by atoms with van der Waals surface area (Å²) in [5, 5.41) is 17.6. The number of phenols is 1. The van der Waals surface area contributed by atoms with Crippen molar-refractivity contribution in [3.05, 3.63) is 54.0 Å². The van der Waals surface area contributed by atoms with Crippen LogP contribution in [0.5, 0.6) is 5.75 Å². The number of rotatable bonds is 2. The van der Waals surface area contributed by atoms with Crippen molar-refractivity contribution < 1.29 is 5.11 Å². The normalized spacial score (nSPS) is 10.9. The molecule has 1 aromatic carbocycles. The molecule has 90 valence electrons. The van der Waals surface area contributed by atoms with Gasteiger partial charge in [0.1, 0.15) is 11.6 Å². The van der Waals surface area contributed by atoms with E-state index in [0.29, 0.717) is 17.8 Å². The minimum Gasteiger partial charge on any atom is -0.508 e. The van der Waals surface area contributed by atoms with E-state index in [2.05, 4.69) is 10.2 Å². The number of hydrogen-bond donors (Lipinski definition) is 2. The highest BCUT2D eigenvalue weighted by Gasteiger charge is 2.08. The molecule has 0 amide bonds. The molecule has 0 unspecified atom stereocenters. The lowest BCUT2D eigenvalue weighted by molar-refractivity contribution is 0.474. The van der Waals surface area contributed by atoms with E-state index in [1.54, 1.807) is 18.2 Å². The number of hydrogen-bond acceptors (Lipinski definition) is 4. The van der Waals surface area contributed by atoms with Gasteiger partial charge in [-0.05, 0) is 29.8 Å². The molecule has 0 fully saturated rings. The van der Waals surface area contributed by atoms with Crippen LogP contribution >= 0.6 is 0 Å². The van der Waals surface area contributed by atoms with Crippen molar-refractivity contribution in [3.8, 4) is 5.75 Å². The monoisotopic (exact) mass is 240 g/mol. The molecule has 0 saturated heterocycles. The number of nitrogens with two attached hydrogens (primary N) is 1. The van der Waals surface area contributed by atoms with Gasteiger partial charge in [0, 0.05) is 12.6 Å². The predicted octanol–water partition coefficient (Wildman–Crippen LogP) is 1.61. The Morgan fingerprint density at radius 3 is 2.89 bits per heavy atom. The summed E-state index contributed by atoms with van der Waals surface area (Å²) in [6.45, 7) is 0. The molecule has 0 atom stereocenters. The van der Waals surface area contributed by atoms with Gasteiger partial charge in [-0.15, -0.1) is 10.2 Å². The van der Waals surface area contributed by atoms with Crippen LogP contribution < -0.4 is 5.73 Å². The van der Waals surface area contributed by atoms with Gasteiger partial charge < -0.3 is 10.8 Å². The number of aromatic hydroxyl groups is 1. The molecule has 3 aromatic rings. The van der Waals surface area contributed by atoms with Gasteiger partial charge in [0.25, 0.3) is 0 Å². The van der Waals surface area contributed by atoms with Crippen molar-refractivity contribution in [1.29, 1.82) is 0 Å². The molecule has 3 N–H and O–H groups in total. The molecule has 18 heavy (non-hydrogen) atoms. The summed E-state index contributed by atoms with van der Waals surface area (Å²) in [4.78, 5) is 0. The summed E-state index contributed by atoms with van der Waals surface area (Å²) >= 11 is 0. The highest BCUT2D eigenvalue weighted by molar-refractivity contribution is 5.63. The van der Waals surface area contributed by atoms with Crippen LogP contribution in [0.3, 0.4) is 0 Å². The van der Waals surface area contributed by atoms with Gasteiger partial charge in [0.2, 0.25) is 0 Å². The molecule has 0 saturated carbocycles. The fourth-order valence-electron chi connectivity index (χ4n) is 1.95. The van der Waals surface area contributed by atoms with E-state index in [1.165, 1.54) is 0 Å². The molecule has 3 rings (SSSR count). The topological polar surface area (TPSA) is 76.4 Å². The number of fused-ring (bicyclic) bond motifs is 1. The quantitative estimate of drug-likeness (QED) is 0.713. The molecule has 0 aliphatic carbocycles. The van der Waals surface area contributed by atoms with Crippen LogP contribution in [0.25, 0.3) is 5.65 Å². The molecule has 0 aliphatic heterocycles. The van der Waals surface area contributed by atoms with Crippen molar-refractivity contribution in [2.75, 3.05) is 5.73 Å². The summed E-state index contributed by atoms with van der Waals surface area (Å²) < 4.78 is 1.86. The zero-order valence-corrected chi connectivity index (χ0v) is 9.61. The summed E-state index contributed by atoms with van der Waals surface area (Å²) in [7, 11) is 0. The number of anilines is 1. The first-order valence-electron chi connectivity index (χ1n) is 5.60. The lowest BCUT2D eigenvalue weighted by Crippen LogP contribution is -1.97. The molecular weight excluding hydrogens is 228 g/mol. The first-order chi connectivity index (χ1) is 8.74. The summed E-state index contributed by atoms with van der Waals surface area (Å²) in [6, 6.07) is 10.8. The predicted molar refractivity (Wildman–Crippen MR) is 68.3 cm³/mol. The fourth-order valence-corrected chi connectivity index (χ4v) is 1.95. The van der Waals surface area contributed by atoms with E-state index in [1.807, 2.05) is 28.8 Å². The summed E-state index contributed by atoms with van der Waals surface area (Å²) in [6.07, 6.45) is 2.48. The number of phenolic OH excluding ortho intramolecular Hbond substituents is 1. The SMILES string of the molecule is Nc1cccn2c(Cc3cccc(O)c3)nnc12. The molecule has 0 spiro atoms. The zero-order valence-electron chi connectivity index (χ0n) is 9.61. The first-order valence-corrected chi connectivity index (χ1v) is 5.60. The van der Waals surface area contributed by atoms with Crippen LogP contribution in [-0.2, 0) is 6.42 Å². The van der Waals surface area contributed by atoms with Crippen molar-refractivity contribution in [3.63, 3.8) is 0 Å². The van der Waals surface area contributed by atoms with Crippen LogP contribution in [0.4, 0.5) is 5.69 Å². The van der Waals surface area contributed by atoms with Crippen LogP contribution in [0.1, 0.15) is 11.4 Å². The Hall–Kier alpha value is -2.56.